The predicted octanol–water partition coefficient (Wildman–Crippen LogP) is 0.806. The molecule has 1 N–H and O–H groups in total. The quantitative estimate of drug-likeness (QED) is 0.876. The van der Waals surface area contributed by atoms with Gasteiger partial charge in [0.15, 0.2) is 0 Å². The molecule has 2 rings (SSSR count). The molecule has 1 aliphatic heterocycles. The van der Waals surface area contributed by atoms with E-state index >= 15 is 0 Å². The number of piperazine rings is 1. The summed E-state index contributed by atoms with van der Waals surface area (Å²) in [5.74, 6) is -0.0888. The van der Waals surface area contributed by atoms with Crippen molar-refractivity contribution in [3.05, 3.63) is 34.9 Å². The fourth-order valence-electron chi connectivity index (χ4n) is 2.76. The minimum atomic E-state index is -0.430. The molecule has 0 bridgehead atoms. The second kappa shape index (κ2) is 6.26. The second-order valence-corrected chi connectivity index (χ2v) is 5.72. The molecule has 21 heavy (non-hydrogen) atoms. The maximum atomic E-state index is 12.9. The first kappa shape index (κ1) is 15.5. The van der Waals surface area contributed by atoms with E-state index in [1.807, 2.05) is 32.0 Å². The van der Waals surface area contributed by atoms with Gasteiger partial charge in [0, 0.05) is 39.3 Å². The average Bonchev–Trinajstić information content (AvgIpc) is 2.46. The molecule has 1 heterocycles. The Bertz CT molecular complexity index is 534. The third kappa shape index (κ3) is 3.08. The van der Waals surface area contributed by atoms with Crippen LogP contribution in [0.2, 0.25) is 0 Å². The van der Waals surface area contributed by atoms with Gasteiger partial charge in [0.25, 0.3) is 5.91 Å². The van der Waals surface area contributed by atoms with E-state index in [1.165, 1.54) is 0 Å². The van der Waals surface area contributed by atoms with Crippen molar-refractivity contribution in [2.24, 2.45) is 0 Å². The van der Waals surface area contributed by atoms with Crippen LogP contribution in [-0.2, 0) is 4.79 Å². The van der Waals surface area contributed by atoms with E-state index in [0.717, 1.165) is 16.7 Å². The normalized spacial score (nSPS) is 18.5. The fourth-order valence-corrected chi connectivity index (χ4v) is 2.76. The standard InChI is InChI=1S/C16H23N3O2/c1-11-6-5-7-12(2)14(11)16(21)19-9-8-17-10-13(19)15(20)18(3)4/h5-7,13,17H,8-10H2,1-4H3. The van der Waals surface area contributed by atoms with Gasteiger partial charge in [-0.05, 0) is 25.0 Å². The lowest BCUT2D eigenvalue weighted by atomic mass is 10.00. The van der Waals surface area contributed by atoms with Gasteiger partial charge in [0.1, 0.15) is 6.04 Å². The number of carbonyl (C=O) groups excluding carboxylic acids is 2. The molecule has 5 heteroatoms. The molecule has 0 spiro atoms. The molecule has 5 nitrogen and oxygen atoms in total. The summed E-state index contributed by atoms with van der Waals surface area (Å²) in [6.45, 7) is 5.65. The van der Waals surface area contributed by atoms with Crippen molar-refractivity contribution in [1.82, 2.24) is 15.1 Å². The third-order valence-electron chi connectivity index (χ3n) is 3.93. The summed E-state index contributed by atoms with van der Waals surface area (Å²) in [6, 6.07) is 5.39. The first-order valence-electron chi connectivity index (χ1n) is 7.22. The van der Waals surface area contributed by atoms with Gasteiger partial charge in [-0.1, -0.05) is 18.2 Å². The van der Waals surface area contributed by atoms with Crippen LogP contribution in [0.3, 0.4) is 0 Å². The number of carbonyl (C=O) groups is 2. The van der Waals surface area contributed by atoms with Crippen molar-refractivity contribution >= 4 is 11.8 Å². The lowest BCUT2D eigenvalue weighted by molar-refractivity contribution is -0.134. The Hall–Kier alpha value is -1.88. The van der Waals surface area contributed by atoms with Crippen LogP contribution >= 0.6 is 0 Å². The van der Waals surface area contributed by atoms with Crippen LogP contribution in [0.15, 0.2) is 18.2 Å². The number of nitrogens with zero attached hydrogens (tertiary/aromatic N) is 2. The second-order valence-electron chi connectivity index (χ2n) is 5.72. The highest BCUT2D eigenvalue weighted by Crippen LogP contribution is 2.18. The van der Waals surface area contributed by atoms with Gasteiger partial charge >= 0.3 is 0 Å². The van der Waals surface area contributed by atoms with Crippen LogP contribution in [0.25, 0.3) is 0 Å². The van der Waals surface area contributed by atoms with E-state index < -0.39 is 6.04 Å². The molecule has 1 saturated heterocycles. The Morgan fingerprint density at radius 1 is 1.24 bits per heavy atom. The summed E-state index contributed by atoms with van der Waals surface area (Å²) in [5, 5.41) is 3.19. The van der Waals surface area contributed by atoms with Gasteiger partial charge in [-0.25, -0.2) is 0 Å². The maximum absolute atomic E-state index is 12.9. The topological polar surface area (TPSA) is 52.7 Å². The summed E-state index contributed by atoms with van der Waals surface area (Å²) in [6.07, 6.45) is 0. The number of likely N-dealkylation sites (N-methyl/N-ethyl adjacent to an activating group) is 1. The molecule has 1 fully saturated rings. The maximum Gasteiger partial charge on any atom is 0.255 e. The summed E-state index contributed by atoms with van der Waals surface area (Å²) in [5.41, 5.74) is 2.63. The lowest BCUT2D eigenvalue weighted by Crippen LogP contribution is -2.59. The van der Waals surface area contributed by atoms with E-state index in [2.05, 4.69) is 5.32 Å². The zero-order valence-corrected chi connectivity index (χ0v) is 13.1. The molecule has 1 atom stereocenters. The number of nitrogens with one attached hydrogen (secondary N) is 1. The van der Waals surface area contributed by atoms with Gasteiger partial charge in [-0.15, -0.1) is 0 Å². The Labute approximate surface area is 125 Å². The lowest BCUT2D eigenvalue weighted by Gasteiger charge is -2.37. The van der Waals surface area contributed by atoms with Gasteiger partial charge in [0.2, 0.25) is 5.91 Å². The highest BCUT2D eigenvalue weighted by molar-refractivity contribution is 6.00. The molecule has 0 aromatic heterocycles. The van der Waals surface area contributed by atoms with Gasteiger partial charge in [-0.3, -0.25) is 9.59 Å². The van der Waals surface area contributed by atoms with Crippen molar-refractivity contribution in [2.45, 2.75) is 19.9 Å². The molecule has 2 amide bonds. The van der Waals surface area contributed by atoms with Crippen molar-refractivity contribution in [2.75, 3.05) is 33.7 Å². The monoisotopic (exact) mass is 289 g/mol. The summed E-state index contributed by atoms with van der Waals surface area (Å²) in [4.78, 5) is 28.5. The van der Waals surface area contributed by atoms with Crippen LogP contribution in [0.4, 0.5) is 0 Å². The smallest absolute Gasteiger partial charge is 0.255 e. The number of amides is 2. The number of hydrogen-bond acceptors (Lipinski definition) is 3. The molecule has 1 aliphatic rings. The first-order chi connectivity index (χ1) is 9.93. The SMILES string of the molecule is Cc1cccc(C)c1C(=O)N1CCNCC1C(=O)N(C)C. The number of hydrogen-bond donors (Lipinski definition) is 1. The van der Waals surface area contributed by atoms with E-state index in [4.69, 9.17) is 0 Å². The Morgan fingerprint density at radius 3 is 2.43 bits per heavy atom. The van der Waals surface area contributed by atoms with Crippen molar-refractivity contribution in [1.29, 1.82) is 0 Å². The predicted molar refractivity (Wildman–Crippen MR) is 82.3 cm³/mol. The molecular formula is C16H23N3O2. The Morgan fingerprint density at radius 2 is 1.86 bits per heavy atom. The molecule has 114 valence electrons. The van der Waals surface area contributed by atoms with E-state index in [9.17, 15) is 9.59 Å². The number of benzene rings is 1. The number of aryl methyl sites for hydroxylation is 2. The number of rotatable bonds is 2. The molecule has 1 aromatic rings. The molecule has 0 aliphatic carbocycles. The van der Waals surface area contributed by atoms with E-state index in [0.29, 0.717) is 19.6 Å². The zero-order chi connectivity index (χ0) is 15.6. The van der Waals surface area contributed by atoms with E-state index in [-0.39, 0.29) is 11.8 Å². The van der Waals surface area contributed by atoms with Gasteiger partial charge in [0.05, 0.1) is 0 Å². The van der Waals surface area contributed by atoms with Crippen molar-refractivity contribution in [3.63, 3.8) is 0 Å². The van der Waals surface area contributed by atoms with Crippen LogP contribution in [0, 0.1) is 13.8 Å². The van der Waals surface area contributed by atoms with Gasteiger partial charge < -0.3 is 15.1 Å². The highest BCUT2D eigenvalue weighted by Gasteiger charge is 2.34. The van der Waals surface area contributed by atoms with Crippen molar-refractivity contribution < 1.29 is 9.59 Å². The molecule has 1 unspecified atom stereocenters. The molecule has 1 aromatic carbocycles. The minimum absolute atomic E-state index is 0.0400. The summed E-state index contributed by atoms with van der Waals surface area (Å²) < 4.78 is 0. The fraction of sp³-hybridized carbons (Fsp3) is 0.500. The summed E-state index contributed by atoms with van der Waals surface area (Å²) >= 11 is 0. The Balaban J connectivity index is 2.33. The van der Waals surface area contributed by atoms with Gasteiger partial charge in [-0.2, -0.15) is 0 Å². The van der Waals surface area contributed by atoms with Crippen LogP contribution in [0.1, 0.15) is 21.5 Å². The highest BCUT2D eigenvalue weighted by atomic mass is 16.2. The molecule has 0 saturated carbocycles. The first-order valence-corrected chi connectivity index (χ1v) is 7.22. The van der Waals surface area contributed by atoms with Crippen LogP contribution < -0.4 is 5.32 Å². The molecule has 0 radical (unpaired) electrons. The van der Waals surface area contributed by atoms with Crippen LogP contribution in [0.5, 0.6) is 0 Å². The van der Waals surface area contributed by atoms with Crippen LogP contribution in [-0.4, -0.2) is 61.4 Å². The zero-order valence-electron chi connectivity index (χ0n) is 13.1. The average molecular weight is 289 g/mol. The summed E-state index contributed by atoms with van der Waals surface area (Å²) in [7, 11) is 3.44. The third-order valence-corrected chi connectivity index (χ3v) is 3.93. The largest absolute Gasteiger partial charge is 0.347 e. The molecular weight excluding hydrogens is 266 g/mol. The minimum Gasteiger partial charge on any atom is -0.347 e. The van der Waals surface area contributed by atoms with Crippen molar-refractivity contribution in [3.8, 4) is 0 Å². The van der Waals surface area contributed by atoms with E-state index in [1.54, 1.807) is 23.9 Å². The Kier molecular flexibility index (Phi) is 4.63.